The number of alkyl halides is 2. The predicted molar refractivity (Wildman–Crippen MR) is 97.6 cm³/mol. The van der Waals surface area contributed by atoms with Gasteiger partial charge in [0.2, 0.25) is 0 Å². The predicted octanol–water partition coefficient (Wildman–Crippen LogP) is 3.30. The fourth-order valence-electron chi connectivity index (χ4n) is 2.94. The minimum atomic E-state index is -2.51. The van der Waals surface area contributed by atoms with E-state index in [1.54, 1.807) is 25.1 Å². The van der Waals surface area contributed by atoms with Gasteiger partial charge >= 0.3 is 0 Å². The number of aryl methyl sites for hydroxylation is 1. The molecule has 1 aromatic carbocycles. The lowest BCUT2D eigenvalue weighted by Gasteiger charge is -2.20. The minimum Gasteiger partial charge on any atom is -0.508 e. The molecule has 26 heavy (non-hydrogen) atoms. The van der Waals surface area contributed by atoms with Crippen molar-refractivity contribution in [1.29, 1.82) is 0 Å². The van der Waals surface area contributed by atoms with Gasteiger partial charge in [-0.05, 0) is 31.5 Å². The molecule has 3 aromatic rings. The van der Waals surface area contributed by atoms with Gasteiger partial charge in [-0.1, -0.05) is 6.07 Å². The molecule has 0 bridgehead atoms. The van der Waals surface area contributed by atoms with Crippen LogP contribution in [0, 0.1) is 13.8 Å². The number of fused-ring (bicyclic) bond motifs is 1. The molecule has 0 unspecified atom stereocenters. The Kier molecular flexibility index (Phi) is 4.58. The second-order valence-electron chi connectivity index (χ2n) is 6.16. The zero-order valence-electron chi connectivity index (χ0n) is 14.7. The fourth-order valence-corrected chi connectivity index (χ4v) is 2.94. The van der Waals surface area contributed by atoms with Crippen LogP contribution in [0.25, 0.3) is 22.2 Å². The molecule has 2 aromatic heterocycles. The summed E-state index contributed by atoms with van der Waals surface area (Å²) in [6, 6.07) is 4.97. The summed E-state index contributed by atoms with van der Waals surface area (Å²) in [5.74, 6) is 0.686. The van der Waals surface area contributed by atoms with Crippen molar-refractivity contribution < 1.29 is 13.9 Å². The fraction of sp³-hybridized carbons (Fsp3) is 0.278. The Hall–Kier alpha value is -3.03. The Morgan fingerprint density at radius 2 is 1.96 bits per heavy atom. The highest BCUT2D eigenvalue weighted by Gasteiger charge is 2.19. The second kappa shape index (κ2) is 6.70. The molecule has 0 aliphatic rings. The molecule has 0 saturated heterocycles. The van der Waals surface area contributed by atoms with Gasteiger partial charge in [-0.3, -0.25) is 0 Å². The molecule has 0 atom stereocenters. The zero-order chi connectivity index (χ0) is 19.0. The Morgan fingerprint density at radius 3 is 2.65 bits per heavy atom. The number of hydrogen-bond donors (Lipinski definition) is 2. The van der Waals surface area contributed by atoms with Gasteiger partial charge in [0.1, 0.15) is 29.2 Å². The first-order chi connectivity index (χ1) is 12.3. The van der Waals surface area contributed by atoms with E-state index in [1.165, 1.54) is 18.3 Å². The third-order valence-electron chi connectivity index (χ3n) is 4.32. The SMILES string of the molecule is Cc1ccc(O)c(C)c1-c1nc(N(C)CC(F)F)cc2c(N)ncnc12. The molecule has 3 N–H and O–H groups in total. The maximum absolute atomic E-state index is 12.8. The van der Waals surface area contributed by atoms with Crippen LogP contribution in [0.2, 0.25) is 0 Å². The summed E-state index contributed by atoms with van der Waals surface area (Å²) in [6.07, 6.45) is -1.17. The van der Waals surface area contributed by atoms with Gasteiger partial charge in [-0.2, -0.15) is 0 Å². The highest BCUT2D eigenvalue weighted by atomic mass is 19.3. The second-order valence-corrected chi connectivity index (χ2v) is 6.16. The van der Waals surface area contributed by atoms with Gasteiger partial charge in [0.15, 0.2) is 0 Å². The summed E-state index contributed by atoms with van der Waals surface area (Å²) in [5, 5.41) is 10.6. The molecule has 3 rings (SSSR count). The number of nitrogen functional groups attached to an aromatic ring is 1. The monoisotopic (exact) mass is 359 g/mol. The lowest BCUT2D eigenvalue weighted by Crippen LogP contribution is -2.25. The van der Waals surface area contributed by atoms with Crippen LogP contribution in [0.15, 0.2) is 24.5 Å². The van der Waals surface area contributed by atoms with E-state index in [0.717, 1.165) is 5.56 Å². The number of benzene rings is 1. The number of aromatic hydroxyl groups is 1. The lowest BCUT2D eigenvalue weighted by molar-refractivity contribution is 0.156. The molecule has 2 heterocycles. The van der Waals surface area contributed by atoms with Gasteiger partial charge in [-0.15, -0.1) is 0 Å². The number of nitrogens with zero attached hydrogens (tertiary/aromatic N) is 4. The van der Waals surface area contributed by atoms with E-state index < -0.39 is 13.0 Å². The lowest BCUT2D eigenvalue weighted by atomic mass is 9.97. The van der Waals surface area contributed by atoms with Crippen LogP contribution in [-0.2, 0) is 0 Å². The van der Waals surface area contributed by atoms with Gasteiger partial charge in [0, 0.05) is 23.6 Å². The van der Waals surface area contributed by atoms with Gasteiger partial charge < -0.3 is 15.7 Å². The first kappa shape index (κ1) is 17.8. The average molecular weight is 359 g/mol. The van der Waals surface area contributed by atoms with Crippen LogP contribution in [-0.4, -0.2) is 40.1 Å². The highest BCUT2D eigenvalue weighted by molar-refractivity contribution is 5.99. The van der Waals surface area contributed by atoms with E-state index >= 15 is 0 Å². The molecule has 0 radical (unpaired) electrons. The van der Waals surface area contributed by atoms with Crippen molar-refractivity contribution in [3.8, 4) is 17.0 Å². The standard InChI is InChI=1S/C18H19F2N5O/c1-9-4-5-12(26)10(2)15(9)17-16-11(18(21)23-8-22-16)6-14(24-17)25(3)7-13(19)20/h4-6,8,13,26H,7H2,1-3H3,(H2,21,22,23). The number of rotatable bonds is 4. The number of nitrogens with two attached hydrogens (primary N) is 1. The molecule has 0 aliphatic carbocycles. The number of aromatic nitrogens is 3. The average Bonchev–Trinajstić information content (AvgIpc) is 2.58. The summed E-state index contributed by atoms with van der Waals surface area (Å²) in [5.41, 5.74) is 9.16. The first-order valence-electron chi connectivity index (χ1n) is 7.99. The number of phenols is 1. The van der Waals surface area contributed by atoms with E-state index in [0.29, 0.717) is 33.5 Å². The number of hydrogen-bond acceptors (Lipinski definition) is 6. The van der Waals surface area contributed by atoms with Crippen LogP contribution in [0.5, 0.6) is 5.75 Å². The van der Waals surface area contributed by atoms with Crippen molar-refractivity contribution in [2.75, 3.05) is 24.2 Å². The zero-order valence-corrected chi connectivity index (χ0v) is 14.7. The van der Waals surface area contributed by atoms with Crippen molar-refractivity contribution in [3.63, 3.8) is 0 Å². The minimum absolute atomic E-state index is 0.119. The largest absolute Gasteiger partial charge is 0.508 e. The Labute approximate surface area is 149 Å². The van der Waals surface area contributed by atoms with Gasteiger partial charge in [0.05, 0.1) is 12.2 Å². The molecule has 0 aliphatic heterocycles. The van der Waals surface area contributed by atoms with Crippen molar-refractivity contribution in [3.05, 3.63) is 35.7 Å². The third kappa shape index (κ3) is 3.10. The Balaban J connectivity index is 2.34. The molecule has 0 amide bonds. The summed E-state index contributed by atoms with van der Waals surface area (Å²) in [4.78, 5) is 14.2. The van der Waals surface area contributed by atoms with Crippen molar-refractivity contribution >= 4 is 22.5 Å². The van der Waals surface area contributed by atoms with Crippen LogP contribution < -0.4 is 10.6 Å². The molecule has 136 valence electrons. The van der Waals surface area contributed by atoms with E-state index in [-0.39, 0.29) is 11.6 Å². The van der Waals surface area contributed by atoms with Crippen molar-refractivity contribution in [2.24, 2.45) is 0 Å². The summed E-state index contributed by atoms with van der Waals surface area (Å²) >= 11 is 0. The van der Waals surface area contributed by atoms with Crippen molar-refractivity contribution in [1.82, 2.24) is 15.0 Å². The molecule has 6 nitrogen and oxygen atoms in total. The van der Waals surface area contributed by atoms with Crippen molar-refractivity contribution in [2.45, 2.75) is 20.3 Å². The summed E-state index contributed by atoms with van der Waals surface area (Å²) in [7, 11) is 1.53. The maximum atomic E-state index is 12.8. The number of halogens is 2. The topological polar surface area (TPSA) is 88.2 Å². The Bertz CT molecular complexity index is 977. The number of pyridine rings is 1. The van der Waals surface area contributed by atoms with Crippen LogP contribution in [0.4, 0.5) is 20.4 Å². The summed E-state index contributed by atoms with van der Waals surface area (Å²) in [6.45, 7) is 3.18. The normalized spacial score (nSPS) is 11.3. The molecule has 0 spiro atoms. The number of phenolic OH excluding ortho intramolecular Hbond substituents is 1. The highest BCUT2D eigenvalue weighted by Crippen LogP contribution is 2.37. The smallest absolute Gasteiger partial charge is 0.255 e. The maximum Gasteiger partial charge on any atom is 0.255 e. The van der Waals surface area contributed by atoms with Gasteiger partial charge in [0.25, 0.3) is 6.43 Å². The molecule has 0 saturated carbocycles. The van der Waals surface area contributed by atoms with E-state index in [1.807, 2.05) is 6.92 Å². The molecular weight excluding hydrogens is 340 g/mol. The van der Waals surface area contributed by atoms with E-state index in [2.05, 4.69) is 15.0 Å². The Morgan fingerprint density at radius 1 is 1.23 bits per heavy atom. The number of anilines is 2. The third-order valence-corrected chi connectivity index (χ3v) is 4.32. The quantitative estimate of drug-likeness (QED) is 0.743. The van der Waals surface area contributed by atoms with Crippen LogP contribution in [0.3, 0.4) is 0 Å². The van der Waals surface area contributed by atoms with Gasteiger partial charge in [-0.25, -0.2) is 23.7 Å². The van der Waals surface area contributed by atoms with Crippen LogP contribution in [0.1, 0.15) is 11.1 Å². The van der Waals surface area contributed by atoms with E-state index in [4.69, 9.17) is 5.73 Å². The first-order valence-corrected chi connectivity index (χ1v) is 7.99. The summed E-state index contributed by atoms with van der Waals surface area (Å²) < 4.78 is 25.6. The molecular formula is C18H19F2N5O. The molecule has 0 fully saturated rings. The van der Waals surface area contributed by atoms with E-state index in [9.17, 15) is 13.9 Å². The molecule has 8 heteroatoms. The van der Waals surface area contributed by atoms with Crippen LogP contribution >= 0.6 is 0 Å².